The highest BCUT2D eigenvalue weighted by Gasteiger charge is 2.15. The van der Waals surface area contributed by atoms with Gasteiger partial charge >= 0.3 is 0 Å². The molecule has 0 aromatic heterocycles. The van der Waals surface area contributed by atoms with Crippen molar-refractivity contribution in [2.45, 2.75) is 71.2 Å². The lowest BCUT2D eigenvalue weighted by molar-refractivity contribution is -0.141. The molecule has 0 rings (SSSR count). The number of methoxy groups -OCH3 is 2. The van der Waals surface area contributed by atoms with E-state index in [1.807, 2.05) is 6.92 Å². The number of ether oxygens (including phenoxy) is 3. The lowest BCUT2D eigenvalue weighted by atomic mass is 10.1. The summed E-state index contributed by atoms with van der Waals surface area (Å²) in [5.41, 5.74) is 0. The predicted molar refractivity (Wildman–Crippen MR) is 71.2 cm³/mol. The Morgan fingerprint density at radius 1 is 0.882 bits per heavy atom. The SMILES string of the molecule is CCCCCCCC(CC(OC)OCC)OC. The zero-order valence-electron chi connectivity index (χ0n) is 12.0. The molecule has 2 atom stereocenters. The largest absolute Gasteiger partial charge is 0.381 e. The van der Waals surface area contributed by atoms with Gasteiger partial charge < -0.3 is 14.2 Å². The normalized spacial score (nSPS) is 14.8. The number of unbranched alkanes of at least 4 members (excludes halogenated alkanes) is 4. The summed E-state index contributed by atoms with van der Waals surface area (Å²) in [6.45, 7) is 4.91. The van der Waals surface area contributed by atoms with Crippen molar-refractivity contribution in [3.8, 4) is 0 Å². The lowest BCUT2D eigenvalue weighted by Gasteiger charge is -2.21. The van der Waals surface area contributed by atoms with Crippen LogP contribution in [0, 0.1) is 0 Å². The van der Waals surface area contributed by atoms with Gasteiger partial charge in [-0.3, -0.25) is 0 Å². The molecule has 0 aliphatic heterocycles. The van der Waals surface area contributed by atoms with Crippen LogP contribution in [-0.4, -0.2) is 33.2 Å². The monoisotopic (exact) mass is 246 g/mol. The fourth-order valence-corrected chi connectivity index (χ4v) is 1.94. The Kier molecular flexibility index (Phi) is 12.3. The van der Waals surface area contributed by atoms with E-state index in [9.17, 15) is 0 Å². The van der Waals surface area contributed by atoms with Crippen LogP contribution >= 0.6 is 0 Å². The Balaban J connectivity index is 3.66. The van der Waals surface area contributed by atoms with Crippen molar-refractivity contribution in [3.05, 3.63) is 0 Å². The molecule has 0 aromatic rings. The van der Waals surface area contributed by atoms with Crippen LogP contribution in [0.5, 0.6) is 0 Å². The van der Waals surface area contributed by atoms with E-state index in [1.165, 1.54) is 32.1 Å². The van der Waals surface area contributed by atoms with E-state index < -0.39 is 0 Å². The summed E-state index contributed by atoms with van der Waals surface area (Å²) in [6.07, 6.45) is 8.59. The van der Waals surface area contributed by atoms with E-state index in [-0.39, 0.29) is 12.4 Å². The molecule has 0 bridgehead atoms. The zero-order valence-corrected chi connectivity index (χ0v) is 12.0. The molecule has 3 heteroatoms. The minimum atomic E-state index is -0.124. The van der Waals surface area contributed by atoms with Gasteiger partial charge in [-0.2, -0.15) is 0 Å². The molecule has 0 spiro atoms. The standard InChI is InChI=1S/C14H30O3/c1-5-7-8-9-10-11-13(15-3)12-14(16-4)17-6-2/h13-14H,5-12H2,1-4H3. The van der Waals surface area contributed by atoms with Crippen molar-refractivity contribution in [1.82, 2.24) is 0 Å². The number of hydrogen-bond donors (Lipinski definition) is 0. The summed E-state index contributed by atoms with van der Waals surface area (Å²) in [4.78, 5) is 0. The van der Waals surface area contributed by atoms with E-state index in [1.54, 1.807) is 14.2 Å². The maximum Gasteiger partial charge on any atom is 0.159 e. The van der Waals surface area contributed by atoms with Crippen molar-refractivity contribution in [2.24, 2.45) is 0 Å². The first kappa shape index (κ1) is 16.9. The third kappa shape index (κ3) is 9.57. The summed E-state index contributed by atoms with van der Waals surface area (Å²) in [5.74, 6) is 0. The Morgan fingerprint density at radius 2 is 1.59 bits per heavy atom. The minimum Gasteiger partial charge on any atom is -0.381 e. The number of hydrogen-bond acceptors (Lipinski definition) is 3. The maximum absolute atomic E-state index is 5.48. The van der Waals surface area contributed by atoms with Crippen LogP contribution in [0.1, 0.15) is 58.8 Å². The fraction of sp³-hybridized carbons (Fsp3) is 1.00. The third-order valence-electron chi connectivity index (χ3n) is 3.03. The van der Waals surface area contributed by atoms with Crippen molar-refractivity contribution in [1.29, 1.82) is 0 Å². The summed E-state index contributed by atoms with van der Waals surface area (Å²) < 4.78 is 16.2. The topological polar surface area (TPSA) is 27.7 Å². The fourth-order valence-electron chi connectivity index (χ4n) is 1.94. The molecule has 0 aliphatic rings. The maximum atomic E-state index is 5.48. The molecule has 0 radical (unpaired) electrons. The summed E-state index contributed by atoms with van der Waals surface area (Å²) in [7, 11) is 3.46. The van der Waals surface area contributed by atoms with Gasteiger partial charge in [-0.05, 0) is 13.3 Å². The Bertz CT molecular complexity index is 150. The van der Waals surface area contributed by atoms with Gasteiger partial charge in [0.05, 0.1) is 6.10 Å². The molecular formula is C14H30O3. The van der Waals surface area contributed by atoms with Crippen LogP contribution in [0.25, 0.3) is 0 Å². The Labute approximate surface area is 107 Å². The van der Waals surface area contributed by atoms with Gasteiger partial charge in [0.1, 0.15) is 0 Å². The summed E-state index contributed by atoms with van der Waals surface area (Å²) >= 11 is 0. The van der Waals surface area contributed by atoms with Crippen LogP contribution in [0.4, 0.5) is 0 Å². The van der Waals surface area contributed by atoms with E-state index >= 15 is 0 Å². The van der Waals surface area contributed by atoms with Crippen molar-refractivity contribution >= 4 is 0 Å². The van der Waals surface area contributed by atoms with Crippen LogP contribution in [0.3, 0.4) is 0 Å². The number of rotatable bonds is 12. The Hall–Kier alpha value is -0.120. The van der Waals surface area contributed by atoms with Crippen LogP contribution in [-0.2, 0) is 14.2 Å². The molecule has 0 N–H and O–H groups in total. The molecular weight excluding hydrogens is 216 g/mol. The first-order chi connectivity index (χ1) is 8.28. The molecule has 0 saturated carbocycles. The first-order valence-electron chi connectivity index (χ1n) is 6.95. The van der Waals surface area contributed by atoms with Gasteiger partial charge in [0.15, 0.2) is 6.29 Å². The zero-order chi connectivity index (χ0) is 12.9. The second-order valence-corrected chi connectivity index (χ2v) is 4.42. The van der Waals surface area contributed by atoms with Crippen LogP contribution < -0.4 is 0 Å². The second kappa shape index (κ2) is 12.3. The average Bonchev–Trinajstić information content (AvgIpc) is 2.36. The van der Waals surface area contributed by atoms with Gasteiger partial charge in [0.25, 0.3) is 0 Å². The van der Waals surface area contributed by atoms with Gasteiger partial charge in [-0.15, -0.1) is 0 Å². The Morgan fingerprint density at radius 3 is 2.12 bits per heavy atom. The highest BCUT2D eigenvalue weighted by molar-refractivity contribution is 4.61. The van der Waals surface area contributed by atoms with Crippen molar-refractivity contribution in [2.75, 3.05) is 20.8 Å². The van der Waals surface area contributed by atoms with E-state index in [4.69, 9.17) is 14.2 Å². The van der Waals surface area contributed by atoms with Crippen molar-refractivity contribution in [3.63, 3.8) is 0 Å². The van der Waals surface area contributed by atoms with Crippen molar-refractivity contribution < 1.29 is 14.2 Å². The average molecular weight is 246 g/mol. The molecule has 0 amide bonds. The molecule has 0 aromatic carbocycles. The summed E-state index contributed by atoms with van der Waals surface area (Å²) in [5, 5.41) is 0. The quantitative estimate of drug-likeness (QED) is 0.387. The van der Waals surface area contributed by atoms with Gasteiger partial charge in [0.2, 0.25) is 0 Å². The van der Waals surface area contributed by atoms with Gasteiger partial charge in [-0.1, -0.05) is 39.0 Å². The lowest BCUT2D eigenvalue weighted by Crippen LogP contribution is -2.24. The van der Waals surface area contributed by atoms with Crippen LogP contribution in [0.15, 0.2) is 0 Å². The van der Waals surface area contributed by atoms with Crippen LogP contribution in [0.2, 0.25) is 0 Å². The molecule has 2 unspecified atom stereocenters. The van der Waals surface area contributed by atoms with Gasteiger partial charge in [-0.25, -0.2) is 0 Å². The predicted octanol–water partition coefficient (Wildman–Crippen LogP) is 3.76. The third-order valence-corrected chi connectivity index (χ3v) is 3.03. The van der Waals surface area contributed by atoms with E-state index in [2.05, 4.69) is 6.92 Å². The molecule has 0 heterocycles. The highest BCUT2D eigenvalue weighted by Crippen LogP contribution is 2.14. The minimum absolute atomic E-state index is 0.124. The molecule has 3 nitrogen and oxygen atoms in total. The van der Waals surface area contributed by atoms with E-state index in [0.29, 0.717) is 6.61 Å². The molecule has 0 saturated heterocycles. The molecule has 0 fully saturated rings. The molecule has 0 aliphatic carbocycles. The second-order valence-electron chi connectivity index (χ2n) is 4.42. The van der Waals surface area contributed by atoms with E-state index in [0.717, 1.165) is 12.8 Å². The smallest absolute Gasteiger partial charge is 0.159 e. The summed E-state index contributed by atoms with van der Waals surface area (Å²) in [6, 6.07) is 0. The highest BCUT2D eigenvalue weighted by atomic mass is 16.7. The molecule has 104 valence electrons. The first-order valence-corrected chi connectivity index (χ1v) is 6.95. The van der Waals surface area contributed by atoms with Gasteiger partial charge in [0, 0.05) is 27.2 Å². The molecule has 17 heavy (non-hydrogen) atoms.